The van der Waals surface area contributed by atoms with E-state index in [9.17, 15) is 18.0 Å². The van der Waals surface area contributed by atoms with Crippen LogP contribution in [-0.2, 0) is 21.3 Å². The molecule has 0 saturated heterocycles. The Balaban J connectivity index is 1.49. The van der Waals surface area contributed by atoms with Crippen molar-refractivity contribution in [3.05, 3.63) is 65.3 Å². The summed E-state index contributed by atoms with van der Waals surface area (Å²) in [7, 11) is -3.95. The minimum atomic E-state index is -3.95. The number of nitrogens with zero attached hydrogens (tertiary/aromatic N) is 1. The third-order valence-electron chi connectivity index (χ3n) is 6.85. The number of amides is 3. The summed E-state index contributed by atoms with van der Waals surface area (Å²) in [5, 5.41) is 9.46. The van der Waals surface area contributed by atoms with Gasteiger partial charge in [0.05, 0.1) is 14.8 Å². The summed E-state index contributed by atoms with van der Waals surface area (Å²) in [4.78, 5) is 30.3. The van der Waals surface area contributed by atoms with Gasteiger partial charge in [-0.15, -0.1) is 11.3 Å². The fourth-order valence-corrected chi connectivity index (χ4v) is 7.85. The molecule has 0 aliphatic heterocycles. The van der Waals surface area contributed by atoms with Gasteiger partial charge in [0.1, 0.15) is 5.60 Å². The van der Waals surface area contributed by atoms with Crippen LogP contribution in [-0.4, -0.2) is 42.7 Å². The number of alkyl carbamates (subject to hydrolysis) is 1. The lowest BCUT2D eigenvalue weighted by atomic mass is 9.86. The Morgan fingerprint density at radius 3 is 2.30 bits per heavy atom. The number of nitrogens with one attached hydrogen (secondary N) is 4. The van der Waals surface area contributed by atoms with Crippen LogP contribution in [0, 0.1) is 0 Å². The molecule has 1 heterocycles. The average molecular weight is 642 g/mol. The minimum Gasteiger partial charge on any atom is -0.444 e. The van der Waals surface area contributed by atoms with Crippen molar-refractivity contribution in [2.45, 2.75) is 102 Å². The van der Waals surface area contributed by atoms with Crippen LogP contribution >= 0.6 is 11.3 Å². The number of hydrogen-bond donors (Lipinski definition) is 4. The summed E-state index contributed by atoms with van der Waals surface area (Å²) in [6.07, 6.45) is 4.63. The third kappa shape index (κ3) is 9.76. The van der Waals surface area contributed by atoms with Crippen LogP contribution in [0.3, 0.4) is 0 Å². The number of hydrogen-bond acceptors (Lipinski definition) is 7. The molecule has 44 heavy (non-hydrogen) atoms. The van der Waals surface area contributed by atoms with E-state index in [1.54, 1.807) is 39.1 Å². The van der Waals surface area contributed by atoms with Crippen molar-refractivity contribution in [2.75, 3.05) is 5.32 Å². The van der Waals surface area contributed by atoms with Crippen molar-refractivity contribution in [1.82, 2.24) is 20.3 Å². The fourth-order valence-electron chi connectivity index (χ4n) is 5.00. The zero-order valence-electron chi connectivity index (χ0n) is 26.2. The lowest BCUT2D eigenvalue weighted by molar-refractivity contribution is 0.0491. The second kappa shape index (κ2) is 13.7. The van der Waals surface area contributed by atoms with Gasteiger partial charge in [-0.2, -0.15) is 0 Å². The number of aromatic nitrogens is 1. The second-order valence-electron chi connectivity index (χ2n) is 13.1. The predicted molar refractivity (Wildman–Crippen MR) is 174 cm³/mol. The van der Waals surface area contributed by atoms with Crippen molar-refractivity contribution in [2.24, 2.45) is 0 Å². The molecule has 1 aliphatic rings. The molecular formula is C32H43N5O5S2. The number of ether oxygens (including phenoxy) is 1. The van der Waals surface area contributed by atoms with Crippen LogP contribution in [0.2, 0.25) is 0 Å². The van der Waals surface area contributed by atoms with Crippen molar-refractivity contribution in [3.63, 3.8) is 0 Å². The van der Waals surface area contributed by atoms with Crippen LogP contribution < -0.4 is 20.7 Å². The van der Waals surface area contributed by atoms with E-state index in [-0.39, 0.29) is 16.9 Å². The number of sulfonamides is 1. The number of thiazole rings is 1. The van der Waals surface area contributed by atoms with Crippen LogP contribution in [0.4, 0.5) is 15.3 Å². The van der Waals surface area contributed by atoms with Crippen molar-refractivity contribution < 1.29 is 22.7 Å². The van der Waals surface area contributed by atoms with Gasteiger partial charge in [-0.1, -0.05) is 36.4 Å². The molecule has 0 atom stereocenters. The number of urea groups is 1. The molecule has 1 aliphatic carbocycles. The highest BCUT2D eigenvalue weighted by Crippen LogP contribution is 2.40. The van der Waals surface area contributed by atoms with E-state index in [1.165, 1.54) is 17.4 Å². The first kappa shape index (κ1) is 33.4. The number of anilines is 1. The number of carbonyl (C=O) groups is 2. The Morgan fingerprint density at radius 1 is 0.977 bits per heavy atom. The maximum Gasteiger partial charge on any atom is 0.407 e. The molecule has 12 heteroatoms. The van der Waals surface area contributed by atoms with Crippen LogP contribution in [0.25, 0.3) is 10.4 Å². The van der Waals surface area contributed by atoms with Crippen LogP contribution in [0.1, 0.15) is 83.7 Å². The summed E-state index contributed by atoms with van der Waals surface area (Å²) >= 11 is 1.47. The highest BCUT2D eigenvalue weighted by atomic mass is 32.2. The topological polar surface area (TPSA) is 139 Å². The average Bonchev–Trinajstić information content (AvgIpc) is 3.41. The summed E-state index contributed by atoms with van der Waals surface area (Å²) < 4.78 is 35.3. The SMILES string of the molecule is CC(C)(C)NS(=O)(=O)c1cc(NC(=O)NCc2ccccc2)ccc1-c1cnc([C@H]2CC[C@H](NC(=O)OC(C)(C)C)CC2)s1. The highest BCUT2D eigenvalue weighted by Gasteiger charge is 2.29. The Labute approximate surface area is 264 Å². The first-order valence-electron chi connectivity index (χ1n) is 14.8. The molecule has 10 nitrogen and oxygen atoms in total. The Bertz CT molecular complexity index is 1550. The van der Waals surface area contributed by atoms with Crippen molar-refractivity contribution in [3.8, 4) is 10.4 Å². The van der Waals surface area contributed by atoms with E-state index >= 15 is 0 Å². The molecule has 238 valence electrons. The van der Waals surface area contributed by atoms with E-state index in [0.717, 1.165) is 41.1 Å². The predicted octanol–water partition coefficient (Wildman–Crippen LogP) is 6.76. The third-order valence-corrected chi connectivity index (χ3v) is 9.84. The minimum absolute atomic E-state index is 0.0469. The monoisotopic (exact) mass is 641 g/mol. The number of benzene rings is 2. The molecule has 1 aromatic heterocycles. The molecule has 0 bridgehead atoms. The summed E-state index contributed by atoms with van der Waals surface area (Å²) in [6, 6.07) is 14.0. The van der Waals surface area contributed by atoms with Gasteiger partial charge in [0.15, 0.2) is 0 Å². The van der Waals surface area contributed by atoms with E-state index in [0.29, 0.717) is 17.8 Å². The highest BCUT2D eigenvalue weighted by molar-refractivity contribution is 7.89. The Kier molecular flexibility index (Phi) is 10.4. The maximum absolute atomic E-state index is 13.6. The van der Waals surface area contributed by atoms with Gasteiger partial charge >= 0.3 is 12.1 Å². The smallest absolute Gasteiger partial charge is 0.407 e. The maximum atomic E-state index is 13.6. The summed E-state index contributed by atoms with van der Waals surface area (Å²) in [6.45, 7) is 11.2. The normalized spacial score (nSPS) is 17.5. The molecule has 1 saturated carbocycles. The Morgan fingerprint density at radius 2 is 1.66 bits per heavy atom. The van der Waals surface area contributed by atoms with E-state index in [2.05, 4.69) is 25.7 Å². The summed E-state index contributed by atoms with van der Waals surface area (Å²) in [5.74, 6) is 0.215. The standard InChI is InChI=1S/C32H43N5O5S2/c1-31(2,3)37-44(40,41)27-18-24(35-29(38)34-19-21-10-8-7-9-11-21)16-17-25(27)26-20-33-28(43-26)22-12-14-23(15-13-22)36-30(39)42-32(4,5)6/h7-11,16-18,20,22-23,37H,12-15,19H2,1-6H3,(H,36,39)(H2,34,35,38)/t22-,23-. The first-order chi connectivity index (χ1) is 20.6. The van der Waals surface area contributed by atoms with Gasteiger partial charge < -0.3 is 20.7 Å². The molecule has 3 aromatic rings. The van der Waals surface area contributed by atoms with Gasteiger partial charge in [0.25, 0.3) is 0 Å². The van der Waals surface area contributed by atoms with E-state index < -0.39 is 33.3 Å². The van der Waals surface area contributed by atoms with Crippen molar-refractivity contribution in [1.29, 1.82) is 0 Å². The fraction of sp³-hybridized carbons (Fsp3) is 0.469. The van der Waals surface area contributed by atoms with Gasteiger partial charge in [0.2, 0.25) is 10.0 Å². The molecule has 0 radical (unpaired) electrons. The van der Waals surface area contributed by atoms with Gasteiger partial charge in [0, 0.05) is 41.5 Å². The molecule has 3 amide bonds. The van der Waals surface area contributed by atoms with Crippen molar-refractivity contribution >= 4 is 39.2 Å². The number of carbonyl (C=O) groups excluding carboxylic acids is 2. The van der Waals surface area contributed by atoms with Gasteiger partial charge in [-0.3, -0.25) is 0 Å². The quantitative estimate of drug-likeness (QED) is 0.214. The summed E-state index contributed by atoms with van der Waals surface area (Å²) in [5.41, 5.74) is 0.563. The zero-order chi connectivity index (χ0) is 32.1. The first-order valence-corrected chi connectivity index (χ1v) is 17.1. The number of rotatable bonds is 8. The van der Waals surface area contributed by atoms with Gasteiger partial charge in [-0.25, -0.2) is 27.7 Å². The zero-order valence-corrected chi connectivity index (χ0v) is 27.8. The van der Waals surface area contributed by atoms with E-state index in [4.69, 9.17) is 4.74 Å². The molecule has 4 N–H and O–H groups in total. The van der Waals surface area contributed by atoms with E-state index in [1.807, 2.05) is 51.1 Å². The molecule has 0 spiro atoms. The largest absolute Gasteiger partial charge is 0.444 e. The second-order valence-corrected chi connectivity index (χ2v) is 15.8. The molecule has 1 fully saturated rings. The Hall–Kier alpha value is -3.48. The van der Waals surface area contributed by atoms with Gasteiger partial charge in [-0.05, 0) is 84.9 Å². The molecule has 4 rings (SSSR count). The van der Waals surface area contributed by atoms with Crippen LogP contribution in [0.15, 0.2) is 59.6 Å². The lowest BCUT2D eigenvalue weighted by Crippen LogP contribution is -2.40. The van der Waals surface area contributed by atoms with Crippen LogP contribution in [0.5, 0.6) is 0 Å². The molecular weight excluding hydrogens is 599 g/mol. The molecule has 2 aromatic carbocycles. The molecule has 0 unspecified atom stereocenters. The lowest BCUT2D eigenvalue weighted by Gasteiger charge is -2.29.